The summed E-state index contributed by atoms with van der Waals surface area (Å²) < 4.78 is 30.0. The number of aliphatic hydroxyl groups excluding tert-OH is 1. The molecule has 0 amide bonds. The maximum atomic E-state index is 12.6. The topological polar surface area (TPSA) is 29.5 Å². The molecule has 4 heteroatoms. The van der Waals surface area contributed by atoms with Gasteiger partial charge in [0, 0.05) is 6.07 Å². The number of halogens is 2. The molecule has 0 aliphatic rings. The molecule has 0 radical (unpaired) electrons. The van der Waals surface area contributed by atoms with Crippen molar-refractivity contribution in [2.75, 3.05) is 6.61 Å². The number of hydrogen-bond acceptors (Lipinski definition) is 2. The van der Waals surface area contributed by atoms with Crippen LogP contribution in [0.25, 0.3) is 0 Å². The van der Waals surface area contributed by atoms with E-state index in [0.29, 0.717) is 0 Å². The summed E-state index contributed by atoms with van der Waals surface area (Å²) in [6.07, 6.45) is -0.631. The fourth-order valence-corrected chi connectivity index (χ4v) is 0.783. The van der Waals surface area contributed by atoms with Crippen LogP contribution in [-0.4, -0.2) is 17.8 Å². The molecule has 0 bridgehead atoms. The Bertz CT molecular complexity index is 287. The second kappa shape index (κ2) is 4.18. The minimum Gasteiger partial charge on any atom is -0.491 e. The van der Waals surface area contributed by atoms with Gasteiger partial charge in [0.15, 0.2) is 11.6 Å². The van der Waals surface area contributed by atoms with Gasteiger partial charge in [0.25, 0.3) is 0 Å². The quantitative estimate of drug-likeness (QED) is 0.782. The van der Waals surface area contributed by atoms with Crippen LogP contribution in [0, 0.1) is 11.6 Å². The second-order valence-corrected chi connectivity index (χ2v) is 2.74. The van der Waals surface area contributed by atoms with Crippen molar-refractivity contribution in [2.45, 2.75) is 13.0 Å². The molecule has 0 saturated carbocycles. The smallest absolute Gasteiger partial charge is 0.162 e. The van der Waals surface area contributed by atoms with Crippen molar-refractivity contribution in [3.63, 3.8) is 0 Å². The van der Waals surface area contributed by atoms with E-state index in [1.165, 1.54) is 6.07 Å². The first kappa shape index (κ1) is 9.92. The Morgan fingerprint density at radius 3 is 2.62 bits per heavy atom. The Hall–Kier alpha value is -1.16. The van der Waals surface area contributed by atoms with Crippen molar-refractivity contribution >= 4 is 0 Å². The zero-order valence-corrected chi connectivity index (χ0v) is 7.13. The molecule has 0 aromatic heterocycles. The summed E-state index contributed by atoms with van der Waals surface area (Å²) in [5.41, 5.74) is 0. The van der Waals surface area contributed by atoms with Crippen molar-refractivity contribution in [1.29, 1.82) is 0 Å². The van der Waals surface area contributed by atoms with E-state index in [1.54, 1.807) is 6.92 Å². The Kier molecular flexibility index (Phi) is 3.19. The Morgan fingerprint density at radius 2 is 2.08 bits per heavy atom. The Morgan fingerprint density at radius 1 is 1.38 bits per heavy atom. The van der Waals surface area contributed by atoms with Crippen LogP contribution in [-0.2, 0) is 0 Å². The predicted molar refractivity (Wildman–Crippen MR) is 43.5 cm³/mol. The largest absolute Gasteiger partial charge is 0.491 e. The highest BCUT2D eigenvalue weighted by atomic mass is 19.2. The van der Waals surface area contributed by atoms with Gasteiger partial charge in [0.2, 0.25) is 0 Å². The standard InChI is InChI=1S/C9H10F2O2/c1-6(12)5-13-7-2-3-8(10)9(11)4-7/h2-4,6,12H,5H2,1H3/t6-/m0/s1. The van der Waals surface area contributed by atoms with E-state index in [1.807, 2.05) is 0 Å². The molecule has 72 valence electrons. The third-order valence-electron chi connectivity index (χ3n) is 1.38. The SMILES string of the molecule is C[C@H](O)COc1ccc(F)c(F)c1. The van der Waals surface area contributed by atoms with Crippen LogP contribution >= 0.6 is 0 Å². The summed E-state index contributed by atoms with van der Waals surface area (Å²) in [5, 5.41) is 8.84. The van der Waals surface area contributed by atoms with Crippen molar-refractivity contribution in [3.05, 3.63) is 29.8 Å². The van der Waals surface area contributed by atoms with Crippen LogP contribution in [0.5, 0.6) is 5.75 Å². The number of aliphatic hydroxyl groups is 1. The van der Waals surface area contributed by atoms with Gasteiger partial charge in [-0.3, -0.25) is 0 Å². The molecule has 1 atom stereocenters. The van der Waals surface area contributed by atoms with E-state index in [0.717, 1.165) is 12.1 Å². The lowest BCUT2D eigenvalue weighted by atomic mass is 10.3. The summed E-state index contributed by atoms with van der Waals surface area (Å²) >= 11 is 0. The molecule has 0 saturated heterocycles. The maximum absolute atomic E-state index is 12.6. The van der Waals surface area contributed by atoms with E-state index in [4.69, 9.17) is 9.84 Å². The first-order valence-electron chi connectivity index (χ1n) is 3.85. The van der Waals surface area contributed by atoms with E-state index >= 15 is 0 Å². The van der Waals surface area contributed by atoms with Crippen molar-refractivity contribution in [2.24, 2.45) is 0 Å². The third kappa shape index (κ3) is 2.99. The number of rotatable bonds is 3. The van der Waals surface area contributed by atoms with Gasteiger partial charge in [-0.25, -0.2) is 8.78 Å². The molecule has 2 nitrogen and oxygen atoms in total. The molecular formula is C9H10F2O2. The van der Waals surface area contributed by atoms with Crippen LogP contribution in [0.3, 0.4) is 0 Å². The van der Waals surface area contributed by atoms with Gasteiger partial charge in [-0.15, -0.1) is 0 Å². The van der Waals surface area contributed by atoms with Gasteiger partial charge in [-0.2, -0.15) is 0 Å². The highest BCUT2D eigenvalue weighted by molar-refractivity contribution is 5.23. The molecule has 0 aliphatic heterocycles. The van der Waals surface area contributed by atoms with Crippen molar-refractivity contribution < 1.29 is 18.6 Å². The van der Waals surface area contributed by atoms with Crippen LogP contribution in [0.1, 0.15) is 6.92 Å². The van der Waals surface area contributed by atoms with Crippen LogP contribution in [0.4, 0.5) is 8.78 Å². The van der Waals surface area contributed by atoms with Gasteiger partial charge in [-0.05, 0) is 19.1 Å². The molecule has 13 heavy (non-hydrogen) atoms. The second-order valence-electron chi connectivity index (χ2n) is 2.74. The normalized spacial score (nSPS) is 12.6. The Labute approximate surface area is 74.8 Å². The van der Waals surface area contributed by atoms with Crippen LogP contribution in [0.15, 0.2) is 18.2 Å². The maximum Gasteiger partial charge on any atom is 0.162 e. The number of ether oxygens (including phenoxy) is 1. The fourth-order valence-electron chi connectivity index (χ4n) is 0.783. The highest BCUT2D eigenvalue weighted by Crippen LogP contribution is 2.15. The molecule has 0 heterocycles. The first-order chi connectivity index (χ1) is 6.09. The van der Waals surface area contributed by atoms with Gasteiger partial charge in [0.1, 0.15) is 12.4 Å². The summed E-state index contributed by atoms with van der Waals surface area (Å²) in [5.74, 6) is -1.66. The molecule has 1 N–H and O–H groups in total. The monoisotopic (exact) mass is 188 g/mol. The van der Waals surface area contributed by atoms with E-state index in [-0.39, 0.29) is 12.4 Å². The molecular weight excluding hydrogens is 178 g/mol. The van der Waals surface area contributed by atoms with Gasteiger partial charge < -0.3 is 9.84 Å². The lowest BCUT2D eigenvalue weighted by Crippen LogP contribution is -2.12. The lowest BCUT2D eigenvalue weighted by Gasteiger charge is -2.07. The van der Waals surface area contributed by atoms with Gasteiger partial charge in [-0.1, -0.05) is 0 Å². The molecule has 0 aliphatic carbocycles. The van der Waals surface area contributed by atoms with Crippen LogP contribution < -0.4 is 4.74 Å². The highest BCUT2D eigenvalue weighted by Gasteiger charge is 2.03. The van der Waals surface area contributed by atoms with E-state index in [9.17, 15) is 8.78 Å². The van der Waals surface area contributed by atoms with Crippen molar-refractivity contribution in [1.82, 2.24) is 0 Å². The van der Waals surface area contributed by atoms with E-state index in [2.05, 4.69) is 0 Å². The fraction of sp³-hybridized carbons (Fsp3) is 0.333. The average Bonchev–Trinajstić information content (AvgIpc) is 2.07. The zero-order valence-electron chi connectivity index (χ0n) is 7.13. The minimum absolute atomic E-state index is 0.0606. The third-order valence-corrected chi connectivity index (χ3v) is 1.38. The first-order valence-corrected chi connectivity index (χ1v) is 3.85. The average molecular weight is 188 g/mol. The van der Waals surface area contributed by atoms with Gasteiger partial charge >= 0.3 is 0 Å². The summed E-state index contributed by atoms with van der Waals surface area (Å²) in [6, 6.07) is 3.23. The Balaban J connectivity index is 2.63. The molecule has 1 aromatic carbocycles. The summed E-state index contributed by atoms with van der Waals surface area (Å²) in [6.45, 7) is 1.60. The summed E-state index contributed by atoms with van der Waals surface area (Å²) in [4.78, 5) is 0. The predicted octanol–water partition coefficient (Wildman–Crippen LogP) is 1.72. The van der Waals surface area contributed by atoms with Gasteiger partial charge in [0.05, 0.1) is 6.10 Å². The zero-order chi connectivity index (χ0) is 9.84. The van der Waals surface area contributed by atoms with E-state index < -0.39 is 17.7 Å². The molecule has 1 rings (SSSR count). The summed E-state index contributed by atoms with van der Waals surface area (Å²) in [7, 11) is 0. The number of benzene rings is 1. The number of hydrogen-bond donors (Lipinski definition) is 1. The molecule has 1 aromatic rings. The van der Waals surface area contributed by atoms with Crippen molar-refractivity contribution in [3.8, 4) is 5.75 Å². The minimum atomic E-state index is -0.955. The van der Waals surface area contributed by atoms with Crippen LogP contribution in [0.2, 0.25) is 0 Å². The molecule has 0 unspecified atom stereocenters. The lowest BCUT2D eigenvalue weighted by molar-refractivity contribution is 0.122. The molecule has 0 fully saturated rings. The molecule has 0 spiro atoms.